The van der Waals surface area contributed by atoms with E-state index in [-0.39, 0.29) is 18.6 Å². The number of piperidine rings is 1. The molecule has 2 aromatic heterocycles. The fourth-order valence-electron chi connectivity index (χ4n) is 4.47. The van der Waals surface area contributed by atoms with Crippen LogP contribution in [0.15, 0.2) is 24.5 Å². The van der Waals surface area contributed by atoms with Gasteiger partial charge in [-0.3, -0.25) is 4.79 Å². The summed E-state index contributed by atoms with van der Waals surface area (Å²) < 4.78 is 12.6. The van der Waals surface area contributed by atoms with Crippen LogP contribution in [0.1, 0.15) is 36.6 Å². The van der Waals surface area contributed by atoms with Crippen molar-refractivity contribution in [2.75, 3.05) is 24.8 Å². The molecule has 1 amide bonds. The van der Waals surface area contributed by atoms with E-state index >= 15 is 0 Å². The first kappa shape index (κ1) is 19.6. The van der Waals surface area contributed by atoms with Crippen LogP contribution in [0, 0.1) is 12.8 Å². The Labute approximate surface area is 180 Å². The maximum atomic E-state index is 13.0. The molecule has 0 radical (unpaired) electrons. The lowest BCUT2D eigenvalue weighted by Gasteiger charge is -2.35. The number of aryl methyl sites for hydroxylation is 1. The fourth-order valence-corrected chi connectivity index (χ4v) is 4.47. The first-order chi connectivity index (χ1) is 15.1. The summed E-state index contributed by atoms with van der Waals surface area (Å²) in [6.45, 7) is 6.38. The van der Waals surface area contributed by atoms with Gasteiger partial charge < -0.3 is 19.7 Å². The van der Waals surface area contributed by atoms with Crippen molar-refractivity contribution < 1.29 is 14.3 Å². The van der Waals surface area contributed by atoms with Gasteiger partial charge in [-0.15, -0.1) is 0 Å². The van der Waals surface area contributed by atoms with E-state index in [0.29, 0.717) is 18.9 Å². The molecule has 3 aromatic rings. The third-order valence-electron chi connectivity index (χ3n) is 6.05. The summed E-state index contributed by atoms with van der Waals surface area (Å²) in [6, 6.07) is 5.76. The van der Waals surface area contributed by atoms with Crippen molar-refractivity contribution in [1.29, 1.82) is 0 Å². The number of rotatable bonds is 5. The Morgan fingerprint density at radius 3 is 3.03 bits per heavy atom. The lowest BCUT2D eigenvalue weighted by Crippen LogP contribution is -2.44. The molecule has 1 N–H and O–H groups in total. The molecule has 1 fully saturated rings. The van der Waals surface area contributed by atoms with Crippen LogP contribution >= 0.6 is 0 Å². The fraction of sp³-hybridized carbons (Fsp3) is 0.455. The van der Waals surface area contributed by atoms with Crippen molar-refractivity contribution in [3.8, 4) is 11.5 Å². The Kier molecular flexibility index (Phi) is 5.09. The van der Waals surface area contributed by atoms with Crippen LogP contribution < -0.4 is 19.7 Å². The molecule has 0 spiro atoms. The van der Waals surface area contributed by atoms with Crippen molar-refractivity contribution in [3.63, 3.8) is 0 Å². The number of nitrogens with zero attached hydrogens (tertiary/aromatic N) is 5. The third-order valence-corrected chi connectivity index (χ3v) is 6.05. The molecule has 4 heterocycles. The van der Waals surface area contributed by atoms with Crippen molar-refractivity contribution in [2.45, 2.75) is 39.7 Å². The molecular weight excluding hydrogens is 396 g/mol. The van der Waals surface area contributed by atoms with Crippen LogP contribution in [0.25, 0.3) is 5.78 Å². The van der Waals surface area contributed by atoms with Crippen LogP contribution in [0.5, 0.6) is 11.5 Å². The number of carbonyl (C=O) groups is 1. The number of hydrogen-bond donors (Lipinski definition) is 1. The lowest BCUT2D eigenvalue weighted by atomic mass is 9.96. The third kappa shape index (κ3) is 3.64. The van der Waals surface area contributed by atoms with Crippen LogP contribution in [-0.4, -0.2) is 45.4 Å². The Morgan fingerprint density at radius 1 is 1.29 bits per heavy atom. The summed E-state index contributed by atoms with van der Waals surface area (Å²) >= 11 is 0. The maximum Gasteiger partial charge on any atom is 0.254 e. The first-order valence-corrected chi connectivity index (χ1v) is 10.7. The molecule has 1 atom stereocenters. The largest absolute Gasteiger partial charge is 0.454 e. The number of anilines is 1. The predicted octanol–water partition coefficient (Wildman–Crippen LogP) is 2.26. The molecule has 0 bridgehead atoms. The molecule has 0 unspecified atom stereocenters. The summed E-state index contributed by atoms with van der Waals surface area (Å²) in [6.07, 6.45) is 4.20. The van der Waals surface area contributed by atoms with E-state index in [1.54, 1.807) is 4.52 Å². The van der Waals surface area contributed by atoms with Gasteiger partial charge in [-0.05, 0) is 43.9 Å². The maximum absolute atomic E-state index is 13.0. The van der Waals surface area contributed by atoms with E-state index in [2.05, 4.69) is 32.2 Å². The SMILES string of the molecule is CCc1c(C)nc2ncnn2c1N1CCC[C@@H](C(=O)NCc2ccc3c(c2)OCO3)C1. The van der Waals surface area contributed by atoms with Gasteiger partial charge in [-0.25, -0.2) is 4.98 Å². The molecule has 0 aliphatic carbocycles. The molecule has 1 saturated heterocycles. The van der Waals surface area contributed by atoms with E-state index in [4.69, 9.17) is 9.47 Å². The average molecular weight is 422 g/mol. The molecule has 9 nitrogen and oxygen atoms in total. The highest BCUT2D eigenvalue weighted by Gasteiger charge is 2.29. The van der Waals surface area contributed by atoms with Crippen molar-refractivity contribution in [1.82, 2.24) is 24.9 Å². The highest BCUT2D eigenvalue weighted by Crippen LogP contribution is 2.32. The summed E-state index contributed by atoms with van der Waals surface area (Å²) in [7, 11) is 0. The second-order valence-corrected chi connectivity index (χ2v) is 8.02. The summed E-state index contributed by atoms with van der Waals surface area (Å²) in [5.74, 6) is 3.07. The molecule has 162 valence electrons. The number of amides is 1. The van der Waals surface area contributed by atoms with Gasteiger partial charge in [-0.1, -0.05) is 13.0 Å². The van der Waals surface area contributed by atoms with E-state index in [1.165, 1.54) is 6.33 Å². The number of aromatic nitrogens is 4. The molecular formula is C22H26N6O3. The minimum atomic E-state index is -0.0838. The number of fused-ring (bicyclic) bond motifs is 2. The highest BCUT2D eigenvalue weighted by molar-refractivity contribution is 5.79. The topological polar surface area (TPSA) is 93.9 Å². The number of ether oxygens (including phenoxy) is 2. The van der Waals surface area contributed by atoms with E-state index in [0.717, 1.165) is 59.9 Å². The second-order valence-electron chi connectivity index (χ2n) is 8.02. The summed E-state index contributed by atoms with van der Waals surface area (Å²) in [4.78, 5) is 24.1. The zero-order valence-electron chi connectivity index (χ0n) is 17.8. The van der Waals surface area contributed by atoms with Gasteiger partial charge in [0, 0.05) is 30.9 Å². The van der Waals surface area contributed by atoms with Gasteiger partial charge in [0.1, 0.15) is 12.1 Å². The van der Waals surface area contributed by atoms with Crippen LogP contribution in [0.3, 0.4) is 0 Å². The predicted molar refractivity (Wildman–Crippen MR) is 114 cm³/mol. The minimum absolute atomic E-state index is 0.0704. The zero-order chi connectivity index (χ0) is 21.4. The van der Waals surface area contributed by atoms with Gasteiger partial charge in [0.2, 0.25) is 12.7 Å². The first-order valence-electron chi connectivity index (χ1n) is 10.7. The molecule has 31 heavy (non-hydrogen) atoms. The number of hydrogen-bond acceptors (Lipinski definition) is 7. The monoisotopic (exact) mass is 422 g/mol. The van der Waals surface area contributed by atoms with Crippen LogP contribution in [0.4, 0.5) is 5.82 Å². The Bertz CT molecular complexity index is 1130. The summed E-state index contributed by atoms with van der Waals surface area (Å²) in [5.41, 5.74) is 3.11. The second kappa shape index (κ2) is 8.05. The van der Waals surface area contributed by atoms with Crippen LogP contribution in [0.2, 0.25) is 0 Å². The quantitative estimate of drug-likeness (QED) is 0.674. The van der Waals surface area contributed by atoms with Gasteiger partial charge in [-0.2, -0.15) is 14.6 Å². The molecule has 9 heteroatoms. The normalized spacial score (nSPS) is 17.9. The Balaban J connectivity index is 1.31. The van der Waals surface area contributed by atoms with Gasteiger partial charge >= 0.3 is 0 Å². The molecule has 2 aliphatic heterocycles. The minimum Gasteiger partial charge on any atom is -0.454 e. The van der Waals surface area contributed by atoms with E-state index in [9.17, 15) is 4.79 Å². The highest BCUT2D eigenvalue weighted by atomic mass is 16.7. The van der Waals surface area contributed by atoms with Gasteiger partial charge in [0.05, 0.1) is 5.92 Å². The van der Waals surface area contributed by atoms with E-state index in [1.807, 2.05) is 25.1 Å². The lowest BCUT2D eigenvalue weighted by molar-refractivity contribution is -0.125. The average Bonchev–Trinajstić information content (AvgIpc) is 3.45. The zero-order valence-corrected chi connectivity index (χ0v) is 17.8. The van der Waals surface area contributed by atoms with Crippen LogP contribution in [-0.2, 0) is 17.8 Å². The number of benzene rings is 1. The smallest absolute Gasteiger partial charge is 0.254 e. The Hall–Kier alpha value is -3.36. The molecule has 0 saturated carbocycles. The molecule has 1 aromatic carbocycles. The number of nitrogens with one attached hydrogen (secondary N) is 1. The van der Waals surface area contributed by atoms with E-state index < -0.39 is 0 Å². The molecule has 5 rings (SSSR count). The van der Waals surface area contributed by atoms with Crippen molar-refractivity contribution in [2.24, 2.45) is 5.92 Å². The van der Waals surface area contributed by atoms with Crippen molar-refractivity contribution in [3.05, 3.63) is 41.3 Å². The van der Waals surface area contributed by atoms with Gasteiger partial charge in [0.15, 0.2) is 11.5 Å². The summed E-state index contributed by atoms with van der Waals surface area (Å²) in [5, 5.41) is 7.49. The standard InChI is InChI=1S/C22H26N6O3/c1-3-17-14(2)26-22-24-12-25-28(22)21(17)27-8-4-5-16(11-27)20(29)23-10-15-6-7-18-19(9-15)31-13-30-18/h6-7,9,12,16H,3-5,8,10-11,13H2,1-2H3,(H,23,29)/t16-/m1/s1. The molecule has 2 aliphatic rings. The number of carbonyl (C=O) groups excluding carboxylic acids is 1. The van der Waals surface area contributed by atoms with Crippen molar-refractivity contribution >= 4 is 17.5 Å². The van der Waals surface area contributed by atoms with Gasteiger partial charge in [0.25, 0.3) is 5.78 Å². The Morgan fingerprint density at radius 2 is 2.16 bits per heavy atom.